The predicted octanol–water partition coefficient (Wildman–Crippen LogP) is 3.03. The zero-order valence-corrected chi connectivity index (χ0v) is 8.67. The first-order valence-electron chi connectivity index (χ1n) is 5.31. The van der Waals surface area contributed by atoms with Crippen LogP contribution < -0.4 is 0 Å². The topological polar surface area (TPSA) is 20.2 Å². The first-order valence-corrected chi connectivity index (χ1v) is 5.31. The Morgan fingerprint density at radius 3 is 2.69 bits per heavy atom. The summed E-state index contributed by atoms with van der Waals surface area (Å²) in [5, 5.41) is 9.05. The molecule has 0 aromatic heterocycles. The molecule has 1 aliphatic rings. The van der Waals surface area contributed by atoms with Crippen LogP contribution in [0, 0.1) is 0 Å². The van der Waals surface area contributed by atoms with E-state index in [0.29, 0.717) is 6.42 Å². The lowest BCUT2D eigenvalue weighted by Gasteiger charge is -2.19. The van der Waals surface area contributed by atoms with Crippen molar-refractivity contribution >= 4 is 0 Å². The van der Waals surface area contributed by atoms with E-state index >= 15 is 0 Å². The highest BCUT2D eigenvalue weighted by atomic mass is 19.4. The maximum atomic E-state index is 12.2. The molecule has 2 unspecified atom stereocenters. The molecule has 0 saturated carbocycles. The molecule has 1 N–H and O–H groups in total. The Bertz CT molecular complexity index is 373. The third-order valence-electron chi connectivity index (χ3n) is 3.14. The molecule has 1 aliphatic carbocycles. The van der Waals surface area contributed by atoms with E-state index in [4.69, 9.17) is 5.11 Å². The number of alkyl halides is 3. The van der Waals surface area contributed by atoms with Gasteiger partial charge in [0.25, 0.3) is 0 Å². The predicted molar refractivity (Wildman–Crippen MR) is 54.2 cm³/mol. The molecule has 0 bridgehead atoms. The summed E-state index contributed by atoms with van der Waals surface area (Å²) in [6, 6.07) is 7.52. The van der Waals surface area contributed by atoms with Crippen molar-refractivity contribution < 1.29 is 18.3 Å². The van der Waals surface area contributed by atoms with Crippen LogP contribution in [-0.2, 0) is 6.42 Å². The first kappa shape index (κ1) is 11.5. The van der Waals surface area contributed by atoms with Crippen LogP contribution in [0.15, 0.2) is 24.3 Å². The van der Waals surface area contributed by atoms with Gasteiger partial charge in [-0.15, -0.1) is 0 Å². The molecular weight excluding hydrogens is 217 g/mol. The Morgan fingerprint density at radius 2 is 2.00 bits per heavy atom. The lowest BCUT2D eigenvalue weighted by molar-refractivity contribution is -0.206. The largest absolute Gasteiger partial charge is 0.414 e. The quantitative estimate of drug-likeness (QED) is 0.828. The standard InChI is InChI=1S/C12H13F3O/c13-12(14,15)11(16)7-9-6-5-8-3-1-2-4-10(8)9/h1-4,9,11,16H,5-7H2. The number of benzene rings is 1. The van der Waals surface area contributed by atoms with Gasteiger partial charge in [-0.3, -0.25) is 0 Å². The molecule has 0 aliphatic heterocycles. The number of rotatable bonds is 2. The van der Waals surface area contributed by atoms with E-state index in [0.717, 1.165) is 17.5 Å². The summed E-state index contributed by atoms with van der Waals surface area (Å²) < 4.78 is 36.7. The van der Waals surface area contributed by atoms with Crippen LogP contribution in [0.5, 0.6) is 0 Å². The lowest BCUT2D eigenvalue weighted by atomic mass is 9.95. The van der Waals surface area contributed by atoms with Crippen LogP contribution in [-0.4, -0.2) is 17.4 Å². The van der Waals surface area contributed by atoms with Gasteiger partial charge in [0.1, 0.15) is 6.10 Å². The van der Waals surface area contributed by atoms with Crippen molar-refractivity contribution in [2.75, 3.05) is 0 Å². The molecule has 0 heterocycles. The summed E-state index contributed by atoms with van der Waals surface area (Å²) in [7, 11) is 0. The Kier molecular flexibility index (Phi) is 2.93. The molecule has 0 spiro atoms. The minimum Gasteiger partial charge on any atom is -0.384 e. The molecule has 0 amide bonds. The van der Waals surface area contributed by atoms with Gasteiger partial charge in [-0.1, -0.05) is 24.3 Å². The van der Waals surface area contributed by atoms with Gasteiger partial charge in [-0.25, -0.2) is 0 Å². The van der Waals surface area contributed by atoms with Crippen LogP contribution in [0.3, 0.4) is 0 Å². The van der Waals surface area contributed by atoms with E-state index in [1.165, 1.54) is 0 Å². The average Bonchev–Trinajstić information content (AvgIpc) is 2.61. The van der Waals surface area contributed by atoms with Crippen molar-refractivity contribution in [1.29, 1.82) is 0 Å². The summed E-state index contributed by atoms with van der Waals surface area (Å²) in [4.78, 5) is 0. The molecule has 4 heteroatoms. The second kappa shape index (κ2) is 4.09. The van der Waals surface area contributed by atoms with Crippen LogP contribution in [0.4, 0.5) is 13.2 Å². The first-order chi connectivity index (χ1) is 7.48. The summed E-state index contributed by atoms with van der Waals surface area (Å²) >= 11 is 0. The number of aliphatic hydroxyl groups excluding tert-OH is 1. The maximum Gasteiger partial charge on any atom is 0.414 e. The van der Waals surface area contributed by atoms with Crippen LogP contribution in [0.2, 0.25) is 0 Å². The number of fused-ring (bicyclic) bond motifs is 1. The van der Waals surface area contributed by atoms with Gasteiger partial charge in [-0.2, -0.15) is 13.2 Å². The molecule has 0 saturated heterocycles. The van der Waals surface area contributed by atoms with Gasteiger partial charge in [0.05, 0.1) is 0 Å². The Hall–Kier alpha value is -1.03. The number of hydrogen-bond acceptors (Lipinski definition) is 1. The summed E-state index contributed by atoms with van der Waals surface area (Å²) in [5.74, 6) is -0.159. The zero-order valence-electron chi connectivity index (χ0n) is 8.67. The van der Waals surface area contributed by atoms with Crippen molar-refractivity contribution in [2.24, 2.45) is 0 Å². The molecular formula is C12H13F3O. The third-order valence-corrected chi connectivity index (χ3v) is 3.14. The highest BCUT2D eigenvalue weighted by molar-refractivity contribution is 5.34. The average molecular weight is 230 g/mol. The monoisotopic (exact) mass is 230 g/mol. The fourth-order valence-corrected chi connectivity index (χ4v) is 2.29. The molecule has 1 nitrogen and oxygen atoms in total. The number of aryl methyl sites for hydroxylation is 1. The molecule has 0 radical (unpaired) electrons. The maximum absolute atomic E-state index is 12.2. The van der Waals surface area contributed by atoms with Crippen LogP contribution in [0.1, 0.15) is 29.9 Å². The Balaban J connectivity index is 2.09. The smallest absolute Gasteiger partial charge is 0.384 e. The molecule has 88 valence electrons. The van der Waals surface area contributed by atoms with Gasteiger partial charge in [0, 0.05) is 0 Å². The molecule has 0 fully saturated rings. The van der Waals surface area contributed by atoms with E-state index in [9.17, 15) is 13.2 Å². The van der Waals surface area contributed by atoms with E-state index in [-0.39, 0.29) is 12.3 Å². The van der Waals surface area contributed by atoms with Gasteiger partial charge >= 0.3 is 6.18 Å². The van der Waals surface area contributed by atoms with Gasteiger partial charge < -0.3 is 5.11 Å². The Labute approximate surface area is 91.9 Å². The normalized spacial score (nSPS) is 21.9. The number of hydrogen-bond donors (Lipinski definition) is 1. The minimum absolute atomic E-state index is 0.159. The summed E-state index contributed by atoms with van der Waals surface area (Å²) in [5.41, 5.74) is 2.08. The van der Waals surface area contributed by atoms with Crippen LogP contribution in [0.25, 0.3) is 0 Å². The molecule has 2 atom stereocenters. The molecule has 16 heavy (non-hydrogen) atoms. The number of halogens is 3. The van der Waals surface area contributed by atoms with Crippen molar-refractivity contribution in [3.63, 3.8) is 0 Å². The van der Waals surface area contributed by atoms with Crippen molar-refractivity contribution in [2.45, 2.75) is 37.5 Å². The second-order valence-electron chi connectivity index (χ2n) is 4.23. The fourth-order valence-electron chi connectivity index (χ4n) is 2.29. The van der Waals surface area contributed by atoms with E-state index in [2.05, 4.69) is 0 Å². The number of aliphatic hydroxyl groups is 1. The highest BCUT2D eigenvalue weighted by Gasteiger charge is 2.40. The summed E-state index contributed by atoms with van der Waals surface area (Å²) in [6.45, 7) is 0. The van der Waals surface area contributed by atoms with E-state index in [1.54, 1.807) is 0 Å². The molecule has 1 aromatic carbocycles. The van der Waals surface area contributed by atoms with Gasteiger partial charge in [0.2, 0.25) is 0 Å². The minimum atomic E-state index is -4.50. The van der Waals surface area contributed by atoms with Gasteiger partial charge in [-0.05, 0) is 36.3 Å². The van der Waals surface area contributed by atoms with Crippen molar-refractivity contribution in [3.05, 3.63) is 35.4 Å². The summed E-state index contributed by atoms with van der Waals surface area (Å²) in [6.07, 6.45) is -5.42. The zero-order chi connectivity index (χ0) is 11.8. The van der Waals surface area contributed by atoms with E-state index in [1.807, 2.05) is 24.3 Å². The fraction of sp³-hybridized carbons (Fsp3) is 0.500. The second-order valence-corrected chi connectivity index (χ2v) is 4.23. The van der Waals surface area contributed by atoms with Crippen molar-refractivity contribution in [3.8, 4) is 0 Å². The molecule has 2 rings (SSSR count). The lowest BCUT2D eigenvalue weighted by Crippen LogP contribution is -2.29. The van der Waals surface area contributed by atoms with Gasteiger partial charge in [0.15, 0.2) is 0 Å². The Morgan fingerprint density at radius 1 is 1.31 bits per heavy atom. The third kappa shape index (κ3) is 2.21. The van der Waals surface area contributed by atoms with Crippen molar-refractivity contribution in [1.82, 2.24) is 0 Å². The highest BCUT2D eigenvalue weighted by Crippen LogP contribution is 2.38. The van der Waals surface area contributed by atoms with E-state index < -0.39 is 12.3 Å². The SMILES string of the molecule is OC(CC1CCc2ccccc21)C(F)(F)F. The molecule has 1 aromatic rings. The van der Waals surface area contributed by atoms with Crippen LogP contribution >= 0.6 is 0 Å².